The number of esters is 1. The molecule has 0 spiro atoms. The number of ether oxygens (including phenoxy) is 1. The van der Waals surface area contributed by atoms with Crippen LogP contribution in [-0.4, -0.2) is 31.6 Å². The number of benzene rings is 2. The predicted molar refractivity (Wildman–Crippen MR) is 107 cm³/mol. The zero-order valence-corrected chi connectivity index (χ0v) is 15.9. The Morgan fingerprint density at radius 3 is 2.67 bits per heavy atom. The highest BCUT2D eigenvalue weighted by Crippen LogP contribution is 2.26. The smallest absolute Gasteiger partial charge is 0.340 e. The first kappa shape index (κ1) is 19.0. The number of anilines is 3. The molecule has 3 rings (SSSR count). The first-order chi connectivity index (χ1) is 13.0. The average molecular weight is 388 g/mol. The molecule has 0 saturated carbocycles. The Bertz CT molecular complexity index is 864. The third-order valence-electron chi connectivity index (χ3n) is 4.56. The zero-order valence-electron chi connectivity index (χ0n) is 15.1. The molecule has 7 heteroatoms. The van der Waals surface area contributed by atoms with E-state index in [1.165, 1.54) is 18.9 Å². The van der Waals surface area contributed by atoms with Crippen molar-refractivity contribution >= 4 is 40.5 Å². The molecule has 0 aliphatic carbocycles. The lowest BCUT2D eigenvalue weighted by molar-refractivity contribution is -0.119. The van der Waals surface area contributed by atoms with Crippen LogP contribution in [0.2, 0.25) is 5.02 Å². The van der Waals surface area contributed by atoms with E-state index in [0.29, 0.717) is 5.69 Å². The van der Waals surface area contributed by atoms with Crippen LogP contribution in [0.3, 0.4) is 0 Å². The van der Waals surface area contributed by atoms with Crippen LogP contribution in [-0.2, 0) is 9.53 Å². The monoisotopic (exact) mass is 387 g/mol. The summed E-state index contributed by atoms with van der Waals surface area (Å²) in [5, 5.41) is 3.04. The molecule has 27 heavy (non-hydrogen) atoms. The molecule has 142 valence electrons. The molecule has 1 amide bonds. The minimum Gasteiger partial charge on any atom is -0.452 e. The van der Waals surface area contributed by atoms with Gasteiger partial charge in [0.15, 0.2) is 6.61 Å². The second kappa shape index (κ2) is 8.31. The van der Waals surface area contributed by atoms with Crippen molar-refractivity contribution in [1.29, 1.82) is 0 Å². The summed E-state index contributed by atoms with van der Waals surface area (Å²) in [6.07, 6.45) is 2.42. The van der Waals surface area contributed by atoms with Gasteiger partial charge in [-0.25, -0.2) is 4.79 Å². The summed E-state index contributed by atoms with van der Waals surface area (Å²) in [5.41, 5.74) is 8.85. The first-order valence-corrected chi connectivity index (χ1v) is 9.20. The number of para-hydroxylation sites is 1. The van der Waals surface area contributed by atoms with Crippen LogP contribution in [0.5, 0.6) is 0 Å². The number of nitrogens with two attached hydrogens (primary N) is 1. The van der Waals surface area contributed by atoms with Gasteiger partial charge in [-0.1, -0.05) is 17.7 Å². The lowest BCUT2D eigenvalue weighted by Gasteiger charge is -2.19. The van der Waals surface area contributed by atoms with Crippen LogP contribution in [0, 0.1) is 6.92 Å². The van der Waals surface area contributed by atoms with Gasteiger partial charge < -0.3 is 20.7 Å². The topological polar surface area (TPSA) is 84.7 Å². The number of hydrogen-bond donors (Lipinski definition) is 2. The summed E-state index contributed by atoms with van der Waals surface area (Å²) in [7, 11) is 0. The Labute approximate surface area is 163 Å². The van der Waals surface area contributed by atoms with Gasteiger partial charge in [-0.3, -0.25) is 4.79 Å². The number of carbonyl (C=O) groups excluding carboxylic acids is 2. The molecule has 1 aliphatic heterocycles. The van der Waals surface area contributed by atoms with E-state index >= 15 is 0 Å². The van der Waals surface area contributed by atoms with Crippen molar-refractivity contribution < 1.29 is 14.3 Å². The predicted octanol–water partition coefficient (Wildman–Crippen LogP) is 3.63. The number of nitrogen functional groups attached to an aromatic ring is 1. The summed E-state index contributed by atoms with van der Waals surface area (Å²) in [6.45, 7) is 3.66. The molecule has 2 aromatic rings. The molecule has 1 fully saturated rings. The van der Waals surface area contributed by atoms with E-state index in [9.17, 15) is 9.59 Å². The van der Waals surface area contributed by atoms with Crippen LogP contribution in [0.15, 0.2) is 36.4 Å². The quantitative estimate of drug-likeness (QED) is 0.604. The number of amides is 1. The Hall–Kier alpha value is -2.73. The fourth-order valence-electron chi connectivity index (χ4n) is 3.07. The highest BCUT2D eigenvalue weighted by Gasteiger charge is 2.16. The van der Waals surface area contributed by atoms with Gasteiger partial charge in [-0.2, -0.15) is 0 Å². The maximum atomic E-state index is 12.1. The molecule has 2 aromatic carbocycles. The van der Waals surface area contributed by atoms with E-state index in [1.807, 2.05) is 19.1 Å². The molecule has 6 nitrogen and oxygen atoms in total. The fraction of sp³-hybridized carbons (Fsp3) is 0.300. The molecule has 0 aromatic heterocycles. The number of nitrogens with zero attached hydrogens (tertiary/aromatic N) is 1. The molecule has 0 unspecified atom stereocenters. The van der Waals surface area contributed by atoms with Gasteiger partial charge in [0.1, 0.15) is 0 Å². The van der Waals surface area contributed by atoms with Gasteiger partial charge in [0, 0.05) is 24.5 Å². The van der Waals surface area contributed by atoms with E-state index < -0.39 is 18.5 Å². The van der Waals surface area contributed by atoms with Gasteiger partial charge in [0.05, 0.1) is 16.3 Å². The average Bonchev–Trinajstić information content (AvgIpc) is 3.18. The van der Waals surface area contributed by atoms with Gasteiger partial charge in [0.2, 0.25) is 0 Å². The van der Waals surface area contributed by atoms with E-state index in [1.54, 1.807) is 12.1 Å². The third kappa shape index (κ3) is 4.52. The Morgan fingerprint density at radius 2 is 1.96 bits per heavy atom. The van der Waals surface area contributed by atoms with E-state index in [4.69, 9.17) is 22.1 Å². The molecule has 0 bridgehead atoms. The molecular formula is C20H22ClN3O3. The Balaban J connectivity index is 1.57. The van der Waals surface area contributed by atoms with Crippen molar-refractivity contribution in [2.75, 3.05) is 35.6 Å². The number of hydrogen-bond acceptors (Lipinski definition) is 5. The summed E-state index contributed by atoms with van der Waals surface area (Å²) in [6, 6.07) is 10.6. The molecule has 1 saturated heterocycles. The van der Waals surface area contributed by atoms with Crippen molar-refractivity contribution in [3.63, 3.8) is 0 Å². The molecule has 1 heterocycles. The second-order valence-corrected chi connectivity index (χ2v) is 6.93. The van der Waals surface area contributed by atoms with Gasteiger partial charge in [-0.05, 0) is 55.7 Å². The minimum absolute atomic E-state index is 0.137. The number of halogens is 1. The normalized spacial score (nSPS) is 13.5. The van der Waals surface area contributed by atoms with E-state index in [0.717, 1.165) is 24.3 Å². The second-order valence-electron chi connectivity index (χ2n) is 6.52. The van der Waals surface area contributed by atoms with E-state index in [2.05, 4.69) is 16.3 Å². The Kier molecular flexibility index (Phi) is 5.86. The van der Waals surface area contributed by atoms with Crippen LogP contribution >= 0.6 is 11.6 Å². The maximum absolute atomic E-state index is 12.1. The number of carbonyl (C=O) groups is 2. The van der Waals surface area contributed by atoms with Gasteiger partial charge in [-0.15, -0.1) is 0 Å². The Morgan fingerprint density at radius 1 is 1.22 bits per heavy atom. The van der Waals surface area contributed by atoms with Gasteiger partial charge >= 0.3 is 5.97 Å². The number of rotatable bonds is 5. The number of aryl methyl sites for hydroxylation is 1. The molecule has 1 aliphatic rings. The SMILES string of the molecule is Cc1cc(N2CCCC2)ccc1NC(=O)COC(=O)c1cccc(Cl)c1N. The van der Waals surface area contributed by atoms with Crippen LogP contribution in [0.25, 0.3) is 0 Å². The molecule has 3 N–H and O–H groups in total. The minimum atomic E-state index is -0.689. The van der Waals surface area contributed by atoms with Gasteiger partial charge in [0.25, 0.3) is 5.91 Å². The molecule has 0 atom stereocenters. The fourth-order valence-corrected chi connectivity index (χ4v) is 3.24. The first-order valence-electron chi connectivity index (χ1n) is 8.82. The molecule has 0 radical (unpaired) electrons. The van der Waals surface area contributed by atoms with Crippen molar-refractivity contribution in [2.24, 2.45) is 0 Å². The summed E-state index contributed by atoms with van der Waals surface area (Å²) >= 11 is 5.89. The van der Waals surface area contributed by atoms with Crippen molar-refractivity contribution in [3.05, 3.63) is 52.5 Å². The highest BCUT2D eigenvalue weighted by molar-refractivity contribution is 6.33. The van der Waals surface area contributed by atoms with Crippen molar-refractivity contribution in [3.8, 4) is 0 Å². The summed E-state index contributed by atoms with van der Waals surface area (Å²) < 4.78 is 5.04. The maximum Gasteiger partial charge on any atom is 0.340 e. The van der Waals surface area contributed by atoms with Crippen molar-refractivity contribution in [2.45, 2.75) is 19.8 Å². The summed E-state index contributed by atoms with van der Waals surface area (Å²) in [4.78, 5) is 26.6. The highest BCUT2D eigenvalue weighted by atomic mass is 35.5. The standard InChI is InChI=1S/C20H22ClN3O3/c1-13-11-14(24-9-2-3-10-24)7-8-17(13)23-18(25)12-27-20(26)15-5-4-6-16(21)19(15)22/h4-8,11H,2-3,9-10,12,22H2,1H3,(H,23,25). The summed E-state index contributed by atoms with van der Waals surface area (Å²) in [5.74, 6) is -1.10. The molecular weight excluding hydrogens is 366 g/mol. The van der Waals surface area contributed by atoms with Crippen LogP contribution in [0.4, 0.5) is 17.1 Å². The van der Waals surface area contributed by atoms with Crippen molar-refractivity contribution in [1.82, 2.24) is 0 Å². The number of nitrogens with one attached hydrogen (secondary N) is 1. The zero-order chi connectivity index (χ0) is 19.4. The lowest BCUT2D eigenvalue weighted by atomic mass is 10.1. The lowest BCUT2D eigenvalue weighted by Crippen LogP contribution is -2.22. The van der Waals surface area contributed by atoms with E-state index in [-0.39, 0.29) is 16.3 Å². The van der Waals surface area contributed by atoms with Crippen LogP contribution < -0.4 is 16.0 Å². The third-order valence-corrected chi connectivity index (χ3v) is 4.89. The van der Waals surface area contributed by atoms with Crippen LogP contribution in [0.1, 0.15) is 28.8 Å². The largest absolute Gasteiger partial charge is 0.452 e.